The predicted octanol–water partition coefficient (Wildman–Crippen LogP) is -1.10. The van der Waals surface area contributed by atoms with Crippen molar-refractivity contribution in [1.29, 1.82) is 0 Å². The maximum Gasteiger partial charge on any atom is 0.490 e. The van der Waals surface area contributed by atoms with Gasteiger partial charge in [-0.3, -0.25) is 9.09 Å². The Morgan fingerprint density at radius 1 is 1.21 bits per heavy atom. The van der Waals surface area contributed by atoms with E-state index >= 15 is 0 Å². The number of aliphatic hydroxyl groups is 2. The molecular weight excluding hydrogens is 522 g/mol. The molecule has 1 aliphatic heterocycles. The summed E-state index contributed by atoms with van der Waals surface area (Å²) in [5.41, 5.74) is 3.15. The number of imidazole rings is 1. The highest BCUT2D eigenvalue weighted by molar-refractivity contribution is 7.66. The summed E-state index contributed by atoms with van der Waals surface area (Å²) in [7, 11) is -16.8. The van der Waals surface area contributed by atoms with Crippen LogP contribution in [-0.4, -0.2) is 73.7 Å². The van der Waals surface area contributed by atoms with Gasteiger partial charge < -0.3 is 40.3 Å². The van der Waals surface area contributed by atoms with E-state index in [2.05, 4.69) is 28.1 Å². The van der Waals surface area contributed by atoms with Crippen molar-refractivity contribution in [1.82, 2.24) is 19.5 Å². The first kappa shape index (κ1) is 26.2. The van der Waals surface area contributed by atoms with Gasteiger partial charge in [0.2, 0.25) is 0 Å². The number of phosphoric acid groups is 3. The highest BCUT2D eigenvalue weighted by Crippen LogP contribution is 2.66. The van der Waals surface area contributed by atoms with Gasteiger partial charge in [-0.2, -0.15) is 23.0 Å². The molecule has 2 aromatic heterocycles. The van der Waals surface area contributed by atoms with Crippen LogP contribution >= 0.6 is 23.5 Å². The number of phosphoric ester groups is 1. The number of anilines is 1. The number of hydrogen-bond acceptors (Lipinski definition) is 13. The summed E-state index contributed by atoms with van der Waals surface area (Å²) in [6, 6.07) is 0. The van der Waals surface area contributed by atoms with Crippen molar-refractivity contribution in [3.05, 3.63) is 12.4 Å². The number of fused-ring (bicyclic) bond motifs is 1. The molecule has 22 heteroatoms. The molecule has 0 radical (unpaired) electrons. The van der Waals surface area contributed by atoms with Gasteiger partial charge >= 0.3 is 29.5 Å². The molecule has 33 heavy (non-hydrogen) atoms. The number of nitrogens with zero attached hydrogens (tertiary/aromatic N) is 4. The van der Waals surface area contributed by atoms with Crippen LogP contribution in [0.25, 0.3) is 11.2 Å². The average Bonchev–Trinajstić information content (AvgIpc) is 3.10. The van der Waals surface area contributed by atoms with Gasteiger partial charge in [0.05, 0.1) is 12.9 Å². The second-order valence-electron chi connectivity index (χ2n) is 6.79. The third kappa shape index (κ3) is 5.80. The van der Waals surface area contributed by atoms with E-state index in [0.717, 1.165) is 17.8 Å². The Hall–Kier alpha value is -1.43. The van der Waals surface area contributed by atoms with Crippen LogP contribution in [-0.2, 0) is 31.6 Å². The molecule has 0 aromatic carbocycles. The molecule has 2 unspecified atom stereocenters. The zero-order chi connectivity index (χ0) is 25.0. The standard InChI is InChI=1S/C11H17FN5O13P3/c1-11(19)6(18)4(2-27-32(23,24)30-33(25,26)29-31(20,21)22)28-9(11)17-3-14-5-7(13)15-10(12)16-8(5)17/h3-4,6,9,18-19H,2H2,1H3,(H,23,24)(H,25,26)(H2,13,15,16)(H2,20,21,22)/t4-,6-,9-,11-/m1/s1. The lowest BCUT2D eigenvalue weighted by Crippen LogP contribution is -2.44. The van der Waals surface area contributed by atoms with Gasteiger partial charge in [0.15, 0.2) is 23.2 Å². The van der Waals surface area contributed by atoms with E-state index < -0.39 is 60.2 Å². The molecule has 2 aromatic rings. The third-order valence-electron chi connectivity index (χ3n) is 4.25. The molecule has 0 amide bonds. The molecular formula is C11H17FN5O13P3. The number of nitrogens with two attached hydrogens (primary N) is 1. The van der Waals surface area contributed by atoms with Crippen molar-refractivity contribution < 1.29 is 65.8 Å². The minimum Gasteiger partial charge on any atom is -0.387 e. The van der Waals surface area contributed by atoms with Crippen LogP contribution in [0.2, 0.25) is 0 Å². The molecule has 186 valence electrons. The summed E-state index contributed by atoms with van der Waals surface area (Å²) in [5.74, 6) is -0.321. The smallest absolute Gasteiger partial charge is 0.387 e. The largest absolute Gasteiger partial charge is 0.490 e. The summed E-state index contributed by atoms with van der Waals surface area (Å²) < 4.78 is 65.4. The van der Waals surface area contributed by atoms with Gasteiger partial charge in [-0.25, -0.2) is 18.7 Å². The first-order chi connectivity index (χ1) is 14.9. The fourth-order valence-corrected chi connectivity index (χ4v) is 5.96. The lowest BCUT2D eigenvalue weighted by molar-refractivity contribution is -0.0949. The number of nitrogen functional groups attached to an aromatic ring is 1. The van der Waals surface area contributed by atoms with E-state index in [9.17, 15) is 33.2 Å². The third-order valence-corrected chi connectivity index (χ3v) is 8.05. The van der Waals surface area contributed by atoms with Crippen molar-refractivity contribution in [3.63, 3.8) is 0 Å². The minimum absolute atomic E-state index is 0.0537. The lowest BCUT2D eigenvalue weighted by Gasteiger charge is -2.27. The number of aliphatic hydroxyl groups excluding tert-OH is 1. The zero-order valence-electron chi connectivity index (χ0n) is 16.1. The Labute approximate surface area is 182 Å². The Morgan fingerprint density at radius 2 is 1.85 bits per heavy atom. The van der Waals surface area contributed by atoms with Crippen LogP contribution in [0.15, 0.2) is 6.33 Å². The van der Waals surface area contributed by atoms with Crippen molar-refractivity contribution in [2.24, 2.45) is 0 Å². The van der Waals surface area contributed by atoms with Crippen LogP contribution in [0.3, 0.4) is 0 Å². The molecule has 0 bridgehead atoms. The Kier molecular flexibility index (Phi) is 6.87. The Morgan fingerprint density at radius 3 is 2.45 bits per heavy atom. The van der Waals surface area contributed by atoms with Crippen LogP contribution < -0.4 is 5.73 Å². The molecule has 0 aliphatic carbocycles. The van der Waals surface area contributed by atoms with Crippen LogP contribution in [0.1, 0.15) is 13.2 Å². The van der Waals surface area contributed by atoms with Gasteiger partial charge in [0.25, 0.3) is 0 Å². The van der Waals surface area contributed by atoms with Crippen LogP contribution in [0.5, 0.6) is 0 Å². The van der Waals surface area contributed by atoms with Gasteiger partial charge in [-0.15, -0.1) is 0 Å². The first-order valence-corrected chi connectivity index (χ1v) is 12.9. The summed E-state index contributed by atoms with van der Waals surface area (Å²) in [4.78, 5) is 46.4. The molecule has 1 fully saturated rings. The van der Waals surface area contributed by atoms with Crippen molar-refractivity contribution >= 4 is 40.4 Å². The fraction of sp³-hybridized carbons (Fsp3) is 0.545. The average molecular weight is 539 g/mol. The molecule has 1 saturated heterocycles. The summed E-state index contributed by atoms with van der Waals surface area (Å²) >= 11 is 0. The Bertz CT molecular complexity index is 1200. The van der Waals surface area contributed by atoms with Gasteiger partial charge in [0, 0.05) is 0 Å². The molecule has 3 rings (SSSR count). The molecule has 3 heterocycles. The van der Waals surface area contributed by atoms with Crippen LogP contribution in [0, 0.1) is 6.08 Å². The molecule has 1 aliphatic rings. The van der Waals surface area contributed by atoms with Crippen molar-refractivity contribution in [3.8, 4) is 0 Å². The number of hydrogen-bond donors (Lipinski definition) is 7. The maximum atomic E-state index is 13.6. The number of halogens is 1. The molecule has 8 N–H and O–H groups in total. The van der Waals surface area contributed by atoms with E-state index in [1.54, 1.807) is 0 Å². The fourth-order valence-electron chi connectivity index (χ4n) is 2.93. The second kappa shape index (κ2) is 8.66. The minimum atomic E-state index is -5.75. The summed E-state index contributed by atoms with van der Waals surface area (Å²) in [6.45, 7) is 0.0511. The van der Waals surface area contributed by atoms with Crippen LogP contribution in [0.4, 0.5) is 10.2 Å². The highest BCUT2D eigenvalue weighted by Gasteiger charge is 2.54. The predicted molar refractivity (Wildman–Crippen MR) is 100 cm³/mol. The summed E-state index contributed by atoms with van der Waals surface area (Å²) in [6.07, 6.45) is -5.09. The van der Waals surface area contributed by atoms with E-state index in [1.807, 2.05) is 0 Å². The van der Waals surface area contributed by atoms with Gasteiger partial charge in [-0.1, -0.05) is 0 Å². The quantitative estimate of drug-likeness (QED) is 0.155. The highest BCUT2D eigenvalue weighted by atomic mass is 31.3. The van der Waals surface area contributed by atoms with Gasteiger partial charge in [0.1, 0.15) is 17.8 Å². The van der Waals surface area contributed by atoms with E-state index in [1.165, 1.54) is 0 Å². The number of ether oxygens (including phenoxy) is 1. The Balaban J connectivity index is 1.77. The molecule has 6 atom stereocenters. The molecule has 0 spiro atoms. The van der Waals surface area contributed by atoms with Crippen molar-refractivity contribution in [2.75, 3.05) is 12.3 Å². The summed E-state index contributed by atoms with van der Waals surface area (Å²) in [5, 5.41) is 21.1. The topological polar surface area (TPSA) is 279 Å². The maximum absolute atomic E-state index is 13.6. The molecule has 18 nitrogen and oxygen atoms in total. The molecule has 0 saturated carbocycles. The monoisotopic (exact) mass is 539 g/mol. The van der Waals surface area contributed by atoms with Gasteiger partial charge in [-0.05, 0) is 6.92 Å². The number of aromatic nitrogens is 4. The first-order valence-electron chi connectivity index (χ1n) is 8.42. The lowest BCUT2D eigenvalue weighted by atomic mass is 9.96. The normalized spacial score (nSPS) is 29.8. The SMILES string of the molecule is C[C@@]1(O)[C@H](O)[C@@H](COP(=O)(O)OP(=O)(O)OP(=O)(O)O)O[C@H]1n1cnc2c(N)nc(F)nc21. The van der Waals surface area contributed by atoms with E-state index in [-0.39, 0.29) is 17.0 Å². The van der Waals surface area contributed by atoms with E-state index in [0.29, 0.717) is 0 Å². The second-order valence-corrected chi connectivity index (χ2v) is 11.2. The number of rotatable bonds is 8. The zero-order valence-corrected chi connectivity index (χ0v) is 18.8. The van der Waals surface area contributed by atoms with E-state index in [4.69, 9.17) is 25.2 Å². The van der Waals surface area contributed by atoms with Crippen molar-refractivity contribution in [2.45, 2.75) is 31.0 Å².